The summed E-state index contributed by atoms with van der Waals surface area (Å²) in [5.41, 5.74) is 1.13. The van der Waals surface area contributed by atoms with E-state index in [1.807, 2.05) is 25.1 Å². The van der Waals surface area contributed by atoms with Crippen LogP contribution in [-0.4, -0.2) is 37.5 Å². The molecule has 0 spiro atoms. The molecular weight excluding hydrogens is 332 g/mol. The van der Waals surface area contributed by atoms with Crippen LogP contribution in [0, 0.1) is 5.92 Å². The first-order chi connectivity index (χ1) is 12.4. The van der Waals surface area contributed by atoms with Crippen molar-refractivity contribution in [1.29, 1.82) is 0 Å². The van der Waals surface area contributed by atoms with Crippen molar-refractivity contribution in [3.05, 3.63) is 29.3 Å². The van der Waals surface area contributed by atoms with Crippen LogP contribution in [0.1, 0.15) is 61.9 Å². The molecule has 0 unspecified atom stereocenters. The summed E-state index contributed by atoms with van der Waals surface area (Å²) in [6.07, 6.45) is 7.39. The van der Waals surface area contributed by atoms with Gasteiger partial charge in [0.2, 0.25) is 0 Å². The molecule has 144 valence electrons. The van der Waals surface area contributed by atoms with E-state index in [-0.39, 0.29) is 18.1 Å². The molecule has 0 aliphatic carbocycles. The number of fused-ring (bicyclic) bond motifs is 1. The zero-order chi connectivity index (χ0) is 19.1. The second-order valence-corrected chi connectivity index (χ2v) is 7.01. The fourth-order valence-corrected chi connectivity index (χ4v) is 3.14. The first kappa shape index (κ1) is 20.3. The van der Waals surface area contributed by atoms with Crippen molar-refractivity contribution in [2.75, 3.05) is 14.2 Å². The van der Waals surface area contributed by atoms with Crippen molar-refractivity contribution in [2.24, 2.45) is 5.92 Å². The van der Waals surface area contributed by atoms with Crippen molar-refractivity contribution in [3.63, 3.8) is 0 Å². The molecule has 26 heavy (non-hydrogen) atoms. The molecule has 1 aliphatic rings. The summed E-state index contributed by atoms with van der Waals surface area (Å²) in [5.74, 6) is 0.946. The molecule has 0 fully saturated rings. The number of rotatable bonds is 2. The molecule has 3 atom stereocenters. The molecule has 1 aromatic carbocycles. The fourth-order valence-electron chi connectivity index (χ4n) is 3.14. The number of aliphatic hydroxyl groups excluding tert-OH is 1. The number of carbonyl (C=O) groups is 1. The predicted octanol–water partition coefficient (Wildman–Crippen LogP) is 4.22. The van der Waals surface area contributed by atoms with Gasteiger partial charge in [-0.05, 0) is 56.6 Å². The number of esters is 1. The Morgan fingerprint density at radius 1 is 1.08 bits per heavy atom. The van der Waals surface area contributed by atoms with Crippen LogP contribution in [0.2, 0.25) is 0 Å². The molecule has 0 radical (unpaired) electrons. The Morgan fingerprint density at radius 3 is 2.54 bits per heavy atom. The maximum atomic E-state index is 12.8. The zero-order valence-corrected chi connectivity index (χ0v) is 16.2. The molecular formula is C21H30O5. The van der Waals surface area contributed by atoms with Gasteiger partial charge in [-0.1, -0.05) is 19.1 Å². The van der Waals surface area contributed by atoms with E-state index in [0.717, 1.165) is 32.1 Å². The lowest BCUT2D eigenvalue weighted by molar-refractivity contribution is 0.0306. The van der Waals surface area contributed by atoms with Crippen molar-refractivity contribution in [1.82, 2.24) is 0 Å². The number of cyclic esters (lactones) is 1. The highest BCUT2D eigenvalue weighted by Crippen LogP contribution is 2.31. The van der Waals surface area contributed by atoms with Gasteiger partial charge in [0.15, 0.2) is 0 Å². The molecule has 1 aromatic rings. The Kier molecular flexibility index (Phi) is 7.51. The summed E-state index contributed by atoms with van der Waals surface area (Å²) in [4.78, 5) is 12.8. The summed E-state index contributed by atoms with van der Waals surface area (Å²) >= 11 is 0. The average molecular weight is 362 g/mol. The highest BCUT2D eigenvalue weighted by molar-refractivity contribution is 5.97. The third-order valence-corrected chi connectivity index (χ3v) is 4.78. The lowest BCUT2D eigenvalue weighted by atomic mass is 9.97. The Bertz CT molecular complexity index is 638. The molecule has 1 N–H and O–H groups in total. The van der Waals surface area contributed by atoms with Crippen LogP contribution in [0.5, 0.6) is 11.5 Å². The molecule has 0 saturated carbocycles. The van der Waals surface area contributed by atoms with Gasteiger partial charge in [-0.2, -0.15) is 0 Å². The van der Waals surface area contributed by atoms with E-state index in [1.54, 1.807) is 13.2 Å². The highest BCUT2D eigenvalue weighted by Gasteiger charge is 2.22. The summed E-state index contributed by atoms with van der Waals surface area (Å²) in [5, 5.41) is 10.1. The van der Waals surface area contributed by atoms with Crippen LogP contribution in [0.4, 0.5) is 0 Å². The monoisotopic (exact) mass is 362 g/mol. The zero-order valence-electron chi connectivity index (χ0n) is 16.2. The van der Waals surface area contributed by atoms with E-state index >= 15 is 0 Å². The lowest BCUT2D eigenvalue weighted by Gasteiger charge is -2.19. The molecule has 0 saturated heterocycles. The van der Waals surface area contributed by atoms with Crippen LogP contribution in [-0.2, 0) is 4.74 Å². The number of benzene rings is 1. The van der Waals surface area contributed by atoms with E-state index in [2.05, 4.69) is 6.92 Å². The normalized spacial score (nSPS) is 26.2. The Hall–Kier alpha value is -2.01. The van der Waals surface area contributed by atoms with Crippen LogP contribution in [0.15, 0.2) is 18.2 Å². The smallest absolute Gasteiger partial charge is 0.342 e. The second-order valence-electron chi connectivity index (χ2n) is 7.01. The Morgan fingerprint density at radius 2 is 1.85 bits per heavy atom. The number of hydrogen-bond donors (Lipinski definition) is 1. The molecule has 2 rings (SSSR count). The van der Waals surface area contributed by atoms with Crippen LogP contribution < -0.4 is 9.47 Å². The van der Waals surface area contributed by atoms with Crippen molar-refractivity contribution in [3.8, 4) is 11.5 Å². The van der Waals surface area contributed by atoms with Crippen molar-refractivity contribution < 1.29 is 24.1 Å². The molecule has 0 aromatic heterocycles. The number of methoxy groups -OCH3 is 2. The number of hydrogen-bond acceptors (Lipinski definition) is 5. The van der Waals surface area contributed by atoms with Gasteiger partial charge < -0.3 is 19.3 Å². The maximum absolute atomic E-state index is 12.8. The maximum Gasteiger partial charge on any atom is 0.342 e. The molecule has 5 heteroatoms. The minimum Gasteiger partial charge on any atom is -0.497 e. The van der Waals surface area contributed by atoms with Gasteiger partial charge in [-0.3, -0.25) is 0 Å². The predicted molar refractivity (Wildman–Crippen MR) is 102 cm³/mol. The van der Waals surface area contributed by atoms with E-state index < -0.39 is 5.97 Å². The Labute approximate surface area is 156 Å². The summed E-state index contributed by atoms with van der Waals surface area (Å²) < 4.78 is 16.4. The van der Waals surface area contributed by atoms with Crippen molar-refractivity contribution in [2.45, 2.75) is 58.2 Å². The van der Waals surface area contributed by atoms with Gasteiger partial charge in [0.1, 0.15) is 17.1 Å². The number of ether oxygens (including phenoxy) is 3. The lowest BCUT2D eigenvalue weighted by Crippen LogP contribution is -2.18. The first-order valence-corrected chi connectivity index (χ1v) is 9.27. The summed E-state index contributed by atoms with van der Waals surface area (Å²) in [6, 6.07) is 3.51. The van der Waals surface area contributed by atoms with Gasteiger partial charge in [-0.15, -0.1) is 0 Å². The van der Waals surface area contributed by atoms with E-state index in [1.165, 1.54) is 7.11 Å². The van der Waals surface area contributed by atoms with Gasteiger partial charge in [0, 0.05) is 6.07 Å². The van der Waals surface area contributed by atoms with E-state index in [0.29, 0.717) is 22.6 Å². The third kappa shape index (κ3) is 5.49. The van der Waals surface area contributed by atoms with Gasteiger partial charge >= 0.3 is 5.97 Å². The standard InChI is InChI=1S/C21H30O5/c1-14-8-10-16-12-18(24-3)13-19(25-4)20(16)21(23)26-15(2)6-5-7-17(22)11-9-14/h8,10,12-15,17,22H,5-7,9,11H2,1-4H3/b10-8+/t14-,15+,17+/m0/s1. The fraction of sp³-hybridized carbons (Fsp3) is 0.571. The average Bonchev–Trinajstić information content (AvgIpc) is 2.62. The molecule has 0 amide bonds. The number of carbonyl (C=O) groups excluding carboxylic acids is 1. The second kappa shape index (κ2) is 9.62. The van der Waals surface area contributed by atoms with Crippen LogP contribution >= 0.6 is 0 Å². The largest absolute Gasteiger partial charge is 0.497 e. The van der Waals surface area contributed by atoms with Gasteiger partial charge in [0.25, 0.3) is 0 Å². The van der Waals surface area contributed by atoms with E-state index in [9.17, 15) is 9.90 Å². The molecule has 1 heterocycles. The minimum atomic E-state index is -0.401. The minimum absolute atomic E-state index is 0.222. The quantitative estimate of drug-likeness (QED) is 0.798. The number of aliphatic hydroxyl groups is 1. The number of allylic oxidation sites excluding steroid dienone is 1. The SMILES string of the molecule is COc1cc2c(c(OC)c1)C(=O)O[C@H](C)CCC[C@@H](O)CC[C@@H](C)/C=C/2. The molecule has 1 aliphatic heterocycles. The molecule has 5 nitrogen and oxygen atoms in total. The van der Waals surface area contributed by atoms with Gasteiger partial charge in [-0.25, -0.2) is 4.79 Å². The van der Waals surface area contributed by atoms with Crippen LogP contribution in [0.25, 0.3) is 6.08 Å². The Balaban J connectivity index is 2.43. The molecule has 0 bridgehead atoms. The first-order valence-electron chi connectivity index (χ1n) is 9.27. The van der Waals surface area contributed by atoms with Crippen LogP contribution in [0.3, 0.4) is 0 Å². The third-order valence-electron chi connectivity index (χ3n) is 4.78. The topological polar surface area (TPSA) is 65.0 Å². The van der Waals surface area contributed by atoms with Gasteiger partial charge in [0.05, 0.1) is 26.4 Å². The van der Waals surface area contributed by atoms with Crippen molar-refractivity contribution >= 4 is 12.0 Å². The highest BCUT2D eigenvalue weighted by atomic mass is 16.5. The van der Waals surface area contributed by atoms with E-state index in [4.69, 9.17) is 14.2 Å². The summed E-state index contributed by atoms with van der Waals surface area (Å²) in [7, 11) is 3.11. The summed E-state index contributed by atoms with van der Waals surface area (Å²) in [6.45, 7) is 3.98.